The van der Waals surface area contributed by atoms with Gasteiger partial charge in [-0.05, 0) is 101 Å². The molecule has 0 spiro atoms. The lowest BCUT2D eigenvalue weighted by molar-refractivity contribution is -0.157. The predicted octanol–water partition coefficient (Wildman–Crippen LogP) is 4.15. The van der Waals surface area contributed by atoms with Gasteiger partial charge in [0.05, 0.1) is 12.6 Å². The van der Waals surface area contributed by atoms with Gasteiger partial charge in [-0.3, -0.25) is 52.7 Å². The van der Waals surface area contributed by atoms with E-state index in [0.717, 1.165) is 9.80 Å². The van der Waals surface area contributed by atoms with Crippen molar-refractivity contribution in [1.29, 1.82) is 0 Å². The number of nitrogens with zero attached hydrogens (tertiary/aromatic N) is 7. The van der Waals surface area contributed by atoms with E-state index in [2.05, 4.69) is 26.0 Å². The number of carbonyl (C=O) groups excluding carboxylic acids is 11. The zero-order valence-electron chi connectivity index (χ0n) is 58.9. The molecule has 26 nitrogen and oxygen atoms in total. The summed E-state index contributed by atoms with van der Waals surface area (Å²) in [5, 5.41) is 30.7. The number of hydrogen-bond donors (Lipinski definition) is 6. The number of carboxylic acid groups (broad SMARTS) is 1. The molecule has 27 heteroatoms. The van der Waals surface area contributed by atoms with Gasteiger partial charge in [-0.15, -0.1) is 0 Å². The highest BCUT2D eigenvalue weighted by molar-refractivity contribution is 6.17. The summed E-state index contributed by atoms with van der Waals surface area (Å²) < 4.78 is 3.72. The highest BCUT2D eigenvalue weighted by atomic mass is 35.5. The Hall–Kier alpha value is -6.57. The third-order valence-electron chi connectivity index (χ3n) is 16.3. The first kappa shape index (κ1) is 84.4. The average Bonchev–Trinajstić information content (AvgIpc) is 1.01. The number of alkyl halides is 1. The number of nitrogens with one attached hydrogen (secondary N) is 4. The lowest BCUT2D eigenvalue weighted by Gasteiger charge is -2.41. The molecule has 12 atom stereocenters. The van der Waals surface area contributed by atoms with E-state index in [1.165, 1.54) is 87.7 Å². The number of rotatable bonds is 16. The molecule has 0 radical (unpaired) electrons. The van der Waals surface area contributed by atoms with E-state index in [9.17, 15) is 53.1 Å². The number of ether oxygens (including phenoxy) is 1. The minimum Gasteiger partial charge on any atom is -0.450 e. The predicted molar refractivity (Wildman–Crippen MR) is 348 cm³/mol. The Labute approximate surface area is 547 Å². The fraction of sp³-hybridized carbons (Fsp3) is 0.781. The summed E-state index contributed by atoms with van der Waals surface area (Å²) in [7, 11) is 9.92. The van der Waals surface area contributed by atoms with Crippen LogP contribution in [0.1, 0.15) is 156 Å². The van der Waals surface area contributed by atoms with Crippen LogP contribution < -0.4 is 21.3 Å². The highest BCUT2D eigenvalue weighted by Crippen LogP contribution is 2.26. The van der Waals surface area contributed by atoms with Crippen molar-refractivity contribution in [2.75, 3.05) is 61.9 Å². The van der Waals surface area contributed by atoms with Crippen molar-refractivity contribution >= 4 is 82.7 Å². The van der Waals surface area contributed by atoms with Crippen molar-refractivity contribution in [3.05, 3.63) is 12.2 Å². The third kappa shape index (κ3) is 25.8. The molecule has 1 saturated heterocycles. The molecule has 0 aliphatic carbocycles. The molecule has 1 aliphatic heterocycles. The van der Waals surface area contributed by atoms with Crippen LogP contribution in [0.15, 0.2) is 12.2 Å². The van der Waals surface area contributed by atoms with Crippen molar-refractivity contribution < 1.29 is 72.5 Å². The zero-order chi connectivity index (χ0) is 71.0. The minimum atomic E-state index is -1.61. The Balaban J connectivity index is 0.0000128. The second kappa shape index (κ2) is 39.7. The monoisotopic (exact) mass is 1310 g/mol. The summed E-state index contributed by atoms with van der Waals surface area (Å²) in [4.78, 5) is 178. The number of amides is 11. The molecule has 11 amide bonds. The van der Waals surface area contributed by atoms with Crippen LogP contribution in [0.2, 0.25) is 0 Å². The second-order valence-corrected chi connectivity index (χ2v) is 26.8. The molecule has 0 aromatic carbocycles. The van der Waals surface area contributed by atoms with Crippen LogP contribution in [0.5, 0.6) is 0 Å². The van der Waals surface area contributed by atoms with Crippen molar-refractivity contribution in [3.8, 4) is 0 Å². The zero-order valence-corrected chi connectivity index (χ0v) is 59.7. The molecule has 1 rings (SSSR count). The van der Waals surface area contributed by atoms with E-state index >= 15 is 9.59 Å². The van der Waals surface area contributed by atoms with E-state index in [4.69, 9.17) is 16.7 Å². The van der Waals surface area contributed by atoms with Gasteiger partial charge in [-0.25, -0.2) is 4.79 Å². The molecule has 1 heterocycles. The van der Waals surface area contributed by atoms with Gasteiger partial charge in [-0.1, -0.05) is 121 Å². The van der Waals surface area contributed by atoms with Gasteiger partial charge in [0.15, 0.2) is 6.07 Å². The number of likely N-dealkylation sites (N-methyl/N-ethyl adjacent to an activating group) is 7. The smallest absolute Gasteiger partial charge is 0.450 e. The van der Waals surface area contributed by atoms with Crippen molar-refractivity contribution in [3.63, 3.8) is 0 Å². The van der Waals surface area contributed by atoms with E-state index in [1.807, 2.05) is 61.5 Å². The number of carbonyl (C=O) groups is 12. The lowest BCUT2D eigenvalue weighted by Crippen LogP contribution is -2.63. The van der Waals surface area contributed by atoms with E-state index < -0.39 is 162 Å². The van der Waals surface area contributed by atoms with Gasteiger partial charge >= 0.3 is 6.16 Å². The van der Waals surface area contributed by atoms with Gasteiger partial charge in [-0.2, -0.15) is 0 Å². The second-order valence-electron chi connectivity index (χ2n) is 26.6. The molecule has 1 fully saturated rings. The number of allylic oxidation sites excluding steroid dienone is 2. The Morgan fingerprint density at radius 1 is 0.527 bits per heavy atom. The summed E-state index contributed by atoms with van der Waals surface area (Å²) in [6.45, 7) is 29.3. The average molecular weight is 1310 g/mol. The topological polar surface area (TPSA) is 325 Å². The van der Waals surface area contributed by atoms with Crippen LogP contribution in [-0.4, -0.2) is 244 Å². The molecule has 0 unspecified atom stereocenters. The molecule has 6 N–H and O–H groups in total. The Kier molecular flexibility index (Phi) is 36.9. The summed E-state index contributed by atoms with van der Waals surface area (Å²) in [5.74, 6) is -9.71. The molecule has 1 aliphatic rings. The minimum absolute atomic E-state index is 0.0229. The summed E-state index contributed by atoms with van der Waals surface area (Å²) in [5.41, 5.74) is 0. The van der Waals surface area contributed by atoms with E-state index in [0.29, 0.717) is 6.42 Å². The van der Waals surface area contributed by atoms with Gasteiger partial charge in [0.2, 0.25) is 65.0 Å². The van der Waals surface area contributed by atoms with Crippen molar-refractivity contribution in [2.24, 2.45) is 41.4 Å². The normalized spacial score (nSPS) is 25.6. The number of hydrogen-bond acceptors (Lipinski definition) is 14. The Morgan fingerprint density at radius 2 is 0.945 bits per heavy atom. The molecular weight excluding hydrogens is 1200 g/mol. The summed E-state index contributed by atoms with van der Waals surface area (Å²) in [6.07, 6.45) is 1.70. The summed E-state index contributed by atoms with van der Waals surface area (Å²) >= 11 is 4.79. The first-order chi connectivity index (χ1) is 42.0. The lowest BCUT2D eigenvalue weighted by atomic mass is 9.91. The van der Waals surface area contributed by atoms with Crippen molar-refractivity contribution in [1.82, 2.24) is 55.6 Å². The maximum absolute atomic E-state index is 15.1. The van der Waals surface area contributed by atoms with Gasteiger partial charge in [0.1, 0.15) is 60.4 Å². The fourth-order valence-corrected chi connectivity index (χ4v) is 10.8. The van der Waals surface area contributed by atoms with Gasteiger partial charge < -0.3 is 70.5 Å². The quantitative estimate of drug-likeness (QED) is 0.0719. The number of aliphatic hydroxyl groups is 1. The molecule has 522 valence electrons. The SMILES string of the molecule is C/C=C/C[C@@H](C)[C@@H](O)[C@H]1C(=O)N[C@@H](CC)C(=O)N(C)CC(=O)N(C)[C@@H](CC(C)C)C(=O)N[C@@H](C(C)C)C(=O)N(C)[C@@H](CC(C)C)C(=O)N[C@@H](C)C(=O)N[C@H](C)C(=O)N(C)[C@@H](CC(C)C)C(=O)N(C)[C@@H](CC(C)C)C(=O)N(C)[C@@H](C(C)C)C(=O)N1C.O=C(O)OCCl. The first-order valence-corrected chi connectivity index (χ1v) is 32.3. The Morgan fingerprint density at radius 3 is 1.36 bits per heavy atom. The van der Waals surface area contributed by atoms with Crippen LogP contribution in [0.3, 0.4) is 0 Å². The van der Waals surface area contributed by atoms with Crippen LogP contribution >= 0.6 is 11.6 Å². The van der Waals surface area contributed by atoms with Crippen LogP contribution in [0.4, 0.5) is 4.79 Å². The maximum atomic E-state index is 15.1. The first-order valence-electron chi connectivity index (χ1n) is 31.7. The highest BCUT2D eigenvalue weighted by Gasteiger charge is 2.46. The van der Waals surface area contributed by atoms with Crippen LogP contribution in [-0.2, 0) is 57.5 Å². The molecule has 0 bridgehead atoms. The molecule has 0 aromatic heterocycles. The van der Waals surface area contributed by atoms with Gasteiger partial charge in [0.25, 0.3) is 0 Å². The molecular formula is C64H114ClN11O15. The maximum Gasteiger partial charge on any atom is 0.506 e. The van der Waals surface area contributed by atoms with E-state index in [1.54, 1.807) is 54.5 Å². The third-order valence-corrected chi connectivity index (χ3v) is 16.4. The molecule has 0 saturated carbocycles. The Bertz CT molecular complexity index is 2480. The number of aliphatic hydroxyl groups excluding tert-OH is 1. The summed E-state index contributed by atoms with van der Waals surface area (Å²) in [6, 6.07) is -12.6. The fourth-order valence-electron chi connectivity index (χ4n) is 10.7. The molecule has 91 heavy (non-hydrogen) atoms. The molecule has 0 aromatic rings. The van der Waals surface area contributed by atoms with Gasteiger partial charge in [0, 0.05) is 49.3 Å². The van der Waals surface area contributed by atoms with Crippen LogP contribution in [0.25, 0.3) is 0 Å². The van der Waals surface area contributed by atoms with E-state index in [-0.39, 0.29) is 61.8 Å². The standard InChI is InChI=1S/C62H111N11O12.C2H3ClO3/c1-25-27-28-40(15)52(75)51-56(79)65-43(26-2)58(81)67(18)33-48(74)68(19)44(29-34(3)4)55(78)66-49(38(11)12)61(84)69(20)45(30-35(5)6)54(77)63-41(16)53(76)64-42(17)57(80)70(21)46(31-36(7)8)59(82)71(22)47(32-37(9)10)60(83)72(23)50(39(13)14)62(85)73(51)24;3-1-6-2(4)5/h25,27,34-47,49-52,75H,26,28-33H2,1-24H3,(H,63,77)(H,64,76)(H,65,79)(H,66,78);1H2,(H,4,5)/b27-25+;/t40-,41+,42-,43+,44+,45+,46+,47+,49+,50+,51+,52-;/m1./s1. The number of halogens is 1. The van der Waals surface area contributed by atoms with Crippen LogP contribution in [0, 0.1) is 41.4 Å². The van der Waals surface area contributed by atoms with Crippen molar-refractivity contribution in [2.45, 2.75) is 223 Å². The largest absolute Gasteiger partial charge is 0.506 e.